The summed E-state index contributed by atoms with van der Waals surface area (Å²) in [6, 6.07) is -0.200. The zero-order valence-corrected chi connectivity index (χ0v) is 10.7. The normalized spacial score (nSPS) is 15.7. The fraction of sp³-hybridized carbons (Fsp3) is 0.909. The predicted molar refractivity (Wildman–Crippen MR) is 61.8 cm³/mol. The first-order chi connectivity index (χ1) is 6.70. The highest BCUT2D eigenvalue weighted by molar-refractivity contribution is 5.74. The summed E-state index contributed by atoms with van der Waals surface area (Å²) < 4.78 is 0. The molecule has 0 saturated carbocycles. The Balaban J connectivity index is 4.25. The molecular formula is C11H24N2O2. The van der Waals surface area contributed by atoms with Gasteiger partial charge in [0.25, 0.3) is 0 Å². The highest BCUT2D eigenvalue weighted by Crippen LogP contribution is 2.18. The van der Waals surface area contributed by atoms with E-state index in [-0.39, 0.29) is 30.1 Å². The molecule has 15 heavy (non-hydrogen) atoms. The van der Waals surface area contributed by atoms with E-state index in [9.17, 15) is 4.79 Å². The fourth-order valence-corrected chi connectivity index (χ4v) is 0.826. The van der Waals surface area contributed by atoms with Crippen molar-refractivity contribution in [3.8, 4) is 0 Å². The lowest BCUT2D eigenvalue weighted by Crippen LogP contribution is -2.50. The zero-order chi connectivity index (χ0) is 12.2. The number of nitrogens with one attached hydrogen (secondary N) is 1. The summed E-state index contributed by atoms with van der Waals surface area (Å²) >= 11 is 0. The molecule has 4 heteroatoms. The van der Waals surface area contributed by atoms with Crippen molar-refractivity contribution in [3.63, 3.8) is 0 Å². The van der Waals surface area contributed by atoms with Crippen molar-refractivity contribution in [2.24, 2.45) is 5.41 Å². The Morgan fingerprint density at radius 1 is 1.40 bits per heavy atom. The molecule has 2 N–H and O–H groups in total. The molecule has 0 aliphatic rings. The number of aliphatic hydroxyl groups excluding tert-OH is 1. The molecular weight excluding hydrogens is 192 g/mol. The van der Waals surface area contributed by atoms with E-state index in [1.807, 2.05) is 6.92 Å². The Kier molecular flexibility index (Phi) is 5.08. The van der Waals surface area contributed by atoms with E-state index in [4.69, 9.17) is 5.11 Å². The lowest BCUT2D eigenvalue weighted by molar-refractivity contribution is 0.149. The van der Waals surface area contributed by atoms with E-state index in [0.29, 0.717) is 0 Å². The van der Waals surface area contributed by atoms with Crippen molar-refractivity contribution in [2.45, 2.75) is 46.7 Å². The third kappa shape index (κ3) is 4.51. The smallest absolute Gasteiger partial charge is 0.317 e. The third-order valence-corrected chi connectivity index (χ3v) is 2.88. The van der Waals surface area contributed by atoms with Crippen LogP contribution in [0.1, 0.15) is 34.6 Å². The summed E-state index contributed by atoms with van der Waals surface area (Å²) in [5, 5.41) is 11.8. The summed E-state index contributed by atoms with van der Waals surface area (Å²) in [5.41, 5.74) is 0.0406. The highest BCUT2D eigenvalue weighted by atomic mass is 16.3. The quantitative estimate of drug-likeness (QED) is 0.750. The number of likely N-dealkylation sites (N-methyl/N-ethyl adjacent to an activating group) is 1. The van der Waals surface area contributed by atoms with Crippen molar-refractivity contribution in [2.75, 3.05) is 13.7 Å². The zero-order valence-electron chi connectivity index (χ0n) is 10.7. The first kappa shape index (κ1) is 14.2. The van der Waals surface area contributed by atoms with E-state index >= 15 is 0 Å². The number of amides is 2. The minimum absolute atomic E-state index is 0.0200. The molecule has 0 rings (SSSR count). The molecule has 0 spiro atoms. The van der Waals surface area contributed by atoms with Gasteiger partial charge in [0.05, 0.1) is 12.6 Å². The molecule has 0 aromatic rings. The van der Waals surface area contributed by atoms with Crippen molar-refractivity contribution in [1.29, 1.82) is 0 Å². The molecule has 0 aliphatic carbocycles. The number of hydrogen-bond acceptors (Lipinski definition) is 2. The van der Waals surface area contributed by atoms with Gasteiger partial charge in [-0.25, -0.2) is 4.79 Å². The number of aliphatic hydroxyl groups is 1. The van der Waals surface area contributed by atoms with E-state index in [1.165, 1.54) is 4.90 Å². The van der Waals surface area contributed by atoms with Gasteiger partial charge in [-0.2, -0.15) is 0 Å². The van der Waals surface area contributed by atoms with Crippen LogP contribution in [0.5, 0.6) is 0 Å². The van der Waals surface area contributed by atoms with Crippen LogP contribution in [0.2, 0.25) is 0 Å². The predicted octanol–water partition coefficient (Wildman–Crippen LogP) is 1.44. The summed E-state index contributed by atoms with van der Waals surface area (Å²) in [5.74, 6) is 0. The van der Waals surface area contributed by atoms with Crippen LogP contribution in [0.3, 0.4) is 0 Å². The van der Waals surface area contributed by atoms with Gasteiger partial charge in [0.15, 0.2) is 0 Å². The molecule has 0 aromatic heterocycles. The summed E-state index contributed by atoms with van der Waals surface area (Å²) in [6.45, 7) is 10.00. The molecule has 2 unspecified atom stereocenters. The Hall–Kier alpha value is -0.770. The first-order valence-corrected chi connectivity index (χ1v) is 5.34. The van der Waals surface area contributed by atoms with E-state index in [0.717, 1.165) is 0 Å². The SMILES string of the molecule is CC(CO)N(C)C(=O)NC(C)C(C)(C)C. The van der Waals surface area contributed by atoms with Gasteiger partial charge in [-0.1, -0.05) is 20.8 Å². The van der Waals surface area contributed by atoms with Crippen LogP contribution < -0.4 is 5.32 Å². The Morgan fingerprint density at radius 2 is 1.87 bits per heavy atom. The van der Waals surface area contributed by atoms with Gasteiger partial charge in [-0.15, -0.1) is 0 Å². The van der Waals surface area contributed by atoms with E-state index < -0.39 is 0 Å². The van der Waals surface area contributed by atoms with Crippen molar-refractivity contribution in [3.05, 3.63) is 0 Å². The average molecular weight is 216 g/mol. The maximum atomic E-state index is 11.7. The number of carbonyl (C=O) groups is 1. The second-order valence-corrected chi connectivity index (χ2v) is 5.18. The molecule has 0 aromatic carbocycles. The van der Waals surface area contributed by atoms with Crippen molar-refractivity contribution < 1.29 is 9.90 Å². The molecule has 0 fully saturated rings. The number of urea groups is 1. The first-order valence-electron chi connectivity index (χ1n) is 5.34. The van der Waals surface area contributed by atoms with Crippen LogP contribution in [-0.4, -0.2) is 41.8 Å². The van der Waals surface area contributed by atoms with Crippen molar-refractivity contribution in [1.82, 2.24) is 10.2 Å². The average Bonchev–Trinajstić information content (AvgIpc) is 2.13. The summed E-state index contributed by atoms with van der Waals surface area (Å²) in [6.07, 6.45) is 0. The largest absolute Gasteiger partial charge is 0.394 e. The van der Waals surface area contributed by atoms with Gasteiger partial charge in [0.1, 0.15) is 0 Å². The lowest BCUT2D eigenvalue weighted by atomic mass is 9.88. The second-order valence-electron chi connectivity index (χ2n) is 5.18. The van der Waals surface area contributed by atoms with Crippen LogP contribution in [0.15, 0.2) is 0 Å². The molecule has 4 nitrogen and oxygen atoms in total. The Labute approximate surface area is 92.7 Å². The number of nitrogens with zero attached hydrogens (tertiary/aromatic N) is 1. The Morgan fingerprint density at radius 3 is 2.20 bits per heavy atom. The van der Waals surface area contributed by atoms with Gasteiger partial charge >= 0.3 is 6.03 Å². The fourth-order valence-electron chi connectivity index (χ4n) is 0.826. The molecule has 0 saturated heterocycles. The van der Waals surface area contributed by atoms with E-state index in [1.54, 1.807) is 14.0 Å². The van der Waals surface area contributed by atoms with Gasteiger partial charge < -0.3 is 15.3 Å². The van der Waals surface area contributed by atoms with Gasteiger partial charge in [0.2, 0.25) is 0 Å². The minimum atomic E-state index is -0.155. The van der Waals surface area contributed by atoms with Crippen LogP contribution >= 0.6 is 0 Å². The maximum absolute atomic E-state index is 11.7. The van der Waals surface area contributed by atoms with Gasteiger partial charge in [-0.3, -0.25) is 0 Å². The van der Waals surface area contributed by atoms with Crippen LogP contribution in [-0.2, 0) is 0 Å². The minimum Gasteiger partial charge on any atom is -0.394 e. The second kappa shape index (κ2) is 5.35. The Bertz CT molecular complexity index is 211. The van der Waals surface area contributed by atoms with Crippen LogP contribution in [0.4, 0.5) is 4.79 Å². The summed E-state index contributed by atoms with van der Waals surface area (Å²) in [7, 11) is 1.69. The molecule has 0 heterocycles. The molecule has 90 valence electrons. The summed E-state index contributed by atoms with van der Waals surface area (Å²) in [4.78, 5) is 13.2. The molecule has 2 amide bonds. The topological polar surface area (TPSA) is 52.6 Å². The van der Waals surface area contributed by atoms with E-state index in [2.05, 4.69) is 26.1 Å². The monoisotopic (exact) mass is 216 g/mol. The van der Waals surface area contributed by atoms with Crippen LogP contribution in [0, 0.1) is 5.41 Å². The third-order valence-electron chi connectivity index (χ3n) is 2.88. The molecule has 0 radical (unpaired) electrons. The molecule has 0 aliphatic heterocycles. The number of carbonyl (C=O) groups excluding carboxylic acids is 1. The number of hydrogen-bond donors (Lipinski definition) is 2. The standard InChI is InChI=1S/C11H24N2O2/c1-8(7-14)13(6)10(15)12-9(2)11(3,4)5/h8-9,14H,7H2,1-6H3,(H,12,15). The highest BCUT2D eigenvalue weighted by Gasteiger charge is 2.24. The van der Waals surface area contributed by atoms with Gasteiger partial charge in [0, 0.05) is 13.1 Å². The number of rotatable bonds is 3. The van der Waals surface area contributed by atoms with Crippen LogP contribution in [0.25, 0.3) is 0 Å². The lowest BCUT2D eigenvalue weighted by Gasteiger charge is -2.31. The molecule has 0 bridgehead atoms. The van der Waals surface area contributed by atoms with Crippen molar-refractivity contribution >= 4 is 6.03 Å². The van der Waals surface area contributed by atoms with Gasteiger partial charge in [-0.05, 0) is 19.3 Å². The molecule has 2 atom stereocenters. The maximum Gasteiger partial charge on any atom is 0.317 e.